The van der Waals surface area contributed by atoms with E-state index in [2.05, 4.69) is 5.32 Å². The first-order chi connectivity index (χ1) is 22.8. The van der Waals surface area contributed by atoms with E-state index in [-0.39, 0.29) is 41.5 Å². The first-order valence-corrected chi connectivity index (χ1v) is 16.8. The molecule has 4 aromatic rings. The van der Waals surface area contributed by atoms with Crippen LogP contribution in [0.15, 0.2) is 102 Å². The third kappa shape index (κ3) is 8.29. The second kappa shape index (κ2) is 14.4. The fraction of sp³-hybridized carbons (Fsp3) is 0.278. The normalized spacial score (nSPS) is 13.4. The number of hydrogen-bond donors (Lipinski definition) is 1. The highest BCUT2D eigenvalue weighted by atomic mass is 32.2. The Hall–Kier alpha value is -4.97. The molecular formula is C36H37F2N3O6S. The van der Waals surface area contributed by atoms with Gasteiger partial charge in [0.05, 0.1) is 10.6 Å². The molecule has 0 aliphatic carbocycles. The molecule has 4 aromatic carbocycles. The number of rotatable bonds is 11. The molecule has 12 heteroatoms. The van der Waals surface area contributed by atoms with Crippen molar-refractivity contribution in [3.05, 3.63) is 120 Å². The van der Waals surface area contributed by atoms with E-state index in [4.69, 9.17) is 9.47 Å². The standard InChI is InChI=1S/C36H37F2N3O6S/c1-36(2,3)39-35(43)31(21-25-9-5-4-6-10-25)40(23-26-11-7-8-12-30(26)38)34(42)24-41(28-15-13-27(37)14-16-28)48(44,45)29-17-18-32-33(22-29)47-20-19-46-32/h4-18,22,31H,19-21,23-24H2,1-3H3,(H,39,43)/t31-/m0/s1. The van der Waals surface area contributed by atoms with Crippen molar-refractivity contribution in [1.29, 1.82) is 0 Å². The maximum Gasteiger partial charge on any atom is 0.264 e. The van der Waals surface area contributed by atoms with Crippen molar-refractivity contribution in [3.8, 4) is 11.5 Å². The Morgan fingerprint density at radius 2 is 1.50 bits per heavy atom. The smallest absolute Gasteiger partial charge is 0.264 e. The Bertz CT molecular complexity index is 1870. The van der Waals surface area contributed by atoms with Crippen molar-refractivity contribution in [2.75, 3.05) is 24.1 Å². The minimum Gasteiger partial charge on any atom is -0.486 e. The predicted octanol–water partition coefficient (Wildman–Crippen LogP) is 5.49. The average molecular weight is 678 g/mol. The summed E-state index contributed by atoms with van der Waals surface area (Å²) in [5.74, 6) is -1.90. The molecule has 0 radical (unpaired) electrons. The highest BCUT2D eigenvalue weighted by Crippen LogP contribution is 2.34. The van der Waals surface area contributed by atoms with Gasteiger partial charge in [0, 0.05) is 30.1 Å². The van der Waals surface area contributed by atoms with E-state index >= 15 is 4.39 Å². The molecule has 0 aromatic heterocycles. The summed E-state index contributed by atoms with van der Waals surface area (Å²) in [7, 11) is -4.49. The van der Waals surface area contributed by atoms with Crippen LogP contribution in [0, 0.1) is 11.6 Å². The lowest BCUT2D eigenvalue weighted by atomic mass is 10.0. The second-order valence-corrected chi connectivity index (χ2v) is 14.2. The molecule has 0 saturated carbocycles. The molecule has 48 heavy (non-hydrogen) atoms. The molecule has 1 N–H and O–H groups in total. The van der Waals surface area contributed by atoms with Crippen molar-refractivity contribution in [2.45, 2.75) is 50.2 Å². The number of sulfonamides is 1. The van der Waals surface area contributed by atoms with Gasteiger partial charge in [0.2, 0.25) is 11.8 Å². The lowest BCUT2D eigenvalue weighted by molar-refractivity contribution is -0.140. The van der Waals surface area contributed by atoms with E-state index < -0.39 is 51.6 Å². The van der Waals surface area contributed by atoms with Gasteiger partial charge in [0.1, 0.15) is 37.4 Å². The molecule has 0 unspecified atom stereocenters. The van der Waals surface area contributed by atoms with Crippen molar-refractivity contribution in [2.24, 2.45) is 0 Å². The maximum absolute atomic E-state index is 15.1. The Kier molecular flexibility index (Phi) is 10.3. The van der Waals surface area contributed by atoms with Crippen LogP contribution in [0.1, 0.15) is 31.9 Å². The van der Waals surface area contributed by atoms with Gasteiger partial charge < -0.3 is 19.7 Å². The number of hydrogen-bond acceptors (Lipinski definition) is 6. The molecule has 252 valence electrons. The molecule has 0 bridgehead atoms. The van der Waals surface area contributed by atoms with Crippen LogP contribution in [0.5, 0.6) is 11.5 Å². The third-order valence-electron chi connectivity index (χ3n) is 7.56. The molecular weight excluding hydrogens is 640 g/mol. The van der Waals surface area contributed by atoms with Crippen molar-refractivity contribution < 1.29 is 36.3 Å². The number of nitrogens with zero attached hydrogens (tertiary/aromatic N) is 2. The highest BCUT2D eigenvalue weighted by molar-refractivity contribution is 7.92. The molecule has 1 atom stereocenters. The summed E-state index contributed by atoms with van der Waals surface area (Å²) in [5.41, 5.74) is 0.192. The quantitative estimate of drug-likeness (QED) is 0.225. The van der Waals surface area contributed by atoms with Crippen LogP contribution in [0.4, 0.5) is 14.5 Å². The van der Waals surface area contributed by atoms with Gasteiger partial charge in [0.25, 0.3) is 10.0 Å². The Balaban J connectivity index is 1.59. The third-order valence-corrected chi connectivity index (χ3v) is 9.33. The van der Waals surface area contributed by atoms with E-state index in [1.807, 2.05) is 6.07 Å². The zero-order chi connectivity index (χ0) is 34.5. The first-order valence-electron chi connectivity index (χ1n) is 15.4. The topological polar surface area (TPSA) is 105 Å². The zero-order valence-corrected chi connectivity index (χ0v) is 27.7. The van der Waals surface area contributed by atoms with Gasteiger partial charge in [-0.3, -0.25) is 13.9 Å². The molecule has 1 aliphatic rings. The van der Waals surface area contributed by atoms with Crippen LogP contribution in [-0.4, -0.2) is 56.5 Å². The fourth-order valence-electron chi connectivity index (χ4n) is 5.26. The van der Waals surface area contributed by atoms with E-state index in [0.717, 1.165) is 22.0 Å². The largest absolute Gasteiger partial charge is 0.486 e. The van der Waals surface area contributed by atoms with Gasteiger partial charge in [-0.2, -0.15) is 0 Å². The van der Waals surface area contributed by atoms with Crippen molar-refractivity contribution >= 4 is 27.5 Å². The summed E-state index contributed by atoms with van der Waals surface area (Å²) in [6, 6.07) is 22.5. The lowest BCUT2D eigenvalue weighted by Gasteiger charge is -2.35. The summed E-state index contributed by atoms with van der Waals surface area (Å²) >= 11 is 0. The number of halogens is 2. The molecule has 0 saturated heterocycles. The van der Waals surface area contributed by atoms with E-state index in [1.165, 1.54) is 53.4 Å². The molecule has 9 nitrogen and oxygen atoms in total. The monoisotopic (exact) mass is 677 g/mol. The Labute approximate surface area is 279 Å². The predicted molar refractivity (Wildman–Crippen MR) is 177 cm³/mol. The summed E-state index contributed by atoms with van der Waals surface area (Å²) < 4.78 is 69.6. The minimum atomic E-state index is -4.49. The van der Waals surface area contributed by atoms with Gasteiger partial charge >= 0.3 is 0 Å². The van der Waals surface area contributed by atoms with Crippen LogP contribution < -0.4 is 19.1 Å². The van der Waals surface area contributed by atoms with Crippen LogP contribution in [-0.2, 0) is 32.6 Å². The maximum atomic E-state index is 15.1. The lowest BCUT2D eigenvalue weighted by Crippen LogP contribution is -2.56. The summed E-state index contributed by atoms with van der Waals surface area (Å²) in [6.07, 6.45) is 0.0639. The van der Waals surface area contributed by atoms with E-state index in [0.29, 0.717) is 12.4 Å². The van der Waals surface area contributed by atoms with Crippen LogP contribution in [0.25, 0.3) is 0 Å². The number of benzene rings is 4. The van der Waals surface area contributed by atoms with Gasteiger partial charge in [-0.15, -0.1) is 0 Å². The van der Waals surface area contributed by atoms with E-state index in [9.17, 15) is 22.4 Å². The zero-order valence-electron chi connectivity index (χ0n) is 26.9. The molecule has 1 aliphatic heterocycles. The fourth-order valence-corrected chi connectivity index (χ4v) is 6.69. The summed E-state index contributed by atoms with van der Waals surface area (Å²) in [5, 5.41) is 2.93. The van der Waals surface area contributed by atoms with E-state index in [1.54, 1.807) is 51.1 Å². The first kappa shape index (κ1) is 34.4. The SMILES string of the molecule is CC(C)(C)NC(=O)[C@H](Cc1ccccc1)N(Cc1ccccc1F)C(=O)CN(c1ccc(F)cc1)S(=O)(=O)c1ccc2c(c1)OCCO2. The number of nitrogens with one attached hydrogen (secondary N) is 1. The molecule has 0 spiro atoms. The number of ether oxygens (including phenoxy) is 2. The van der Waals surface area contributed by atoms with Gasteiger partial charge in [0.15, 0.2) is 11.5 Å². The Morgan fingerprint density at radius 1 is 0.854 bits per heavy atom. The molecule has 5 rings (SSSR count). The van der Waals surface area contributed by atoms with Crippen LogP contribution in [0.2, 0.25) is 0 Å². The minimum absolute atomic E-state index is 0.00392. The second-order valence-electron chi connectivity index (χ2n) is 12.4. The van der Waals surface area contributed by atoms with Gasteiger partial charge in [-0.05, 0) is 68.8 Å². The summed E-state index contributed by atoms with van der Waals surface area (Å²) in [6.45, 7) is 4.80. The highest BCUT2D eigenvalue weighted by Gasteiger charge is 2.36. The van der Waals surface area contributed by atoms with Crippen LogP contribution in [0.3, 0.4) is 0 Å². The number of fused-ring (bicyclic) bond motifs is 1. The summed E-state index contributed by atoms with van der Waals surface area (Å²) in [4.78, 5) is 29.5. The number of amides is 2. The van der Waals surface area contributed by atoms with Crippen molar-refractivity contribution in [1.82, 2.24) is 10.2 Å². The Morgan fingerprint density at radius 3 is 2.17 bits per heavy atom. The molecule has 2 amide bonds. The van der Waals surface area contributed by atoms with Gasteiger partial charge in [-0.25, -0.2) is 17.2 Å². The number of anilines is 1. The number of carbonyl (C=O) groups is 2. The molecule has 0 fully saturated rings. The van der Waals surface area contributed by atoms with Crippen molar-refractivity contribution in [3.63, 3.8) is 0 Å². The average Bonchev–Trinajstić information content (AvgIpc) is 3.05. The molecule has 1 heterocycles. The number of carbonyl (C=O) groups excluding carboxylic acids is 2. The van der Waals surface area contributed by atoms with Crippen LogP contribution >= 0.6 is 0 Å². The van der Waals surface area contributed by atoms with Gasteiger partial charge in [-0.1, -0.05) is 48.5 Å².